The number of carbonyl (C=O) groups excluding carboxylic acids is 1. The second-order valence-corrected chi connectivity index (χ2v) is 3.44. The number of hydrogen-bond acceptors (Lipinski definition) is 1. The van der Waals surface area contributed by atoms with E-state index in [4.69, 9.17) is 0 Å². The van der Waals surface area contributed by atoms with Crippen molar-refractivity contribution < 1.29 is 4.79 Å². The van der Waals surface area contributed by atoms with Crippen LogP contribution in [0.3, 0.4) is 0 Å². The summed E-state index contributed by atoms with van der Waals surface area (Å²) in [7, 11) is 1.69. The normalized spacial score (nSPS) is 15.8. The average Bonchev–Trinajstić information content (AvgIpc) is 2.86. The van der Waals surface area contributed by atoms with Crippen LogP contribution < -0.4 is 5.32 Å². The van der Waals surface area contributed by atoms with Gasteiger partial charge in [0.15, 0.2) is 0 Å². The van der Waals surface area contributed by atoms with E-state index in [1.807, 2.05) is 4.90 Å². The third-order valence-corrected chi connectivity index (χ3v) is 2.17. The minimum Gasteiger partial charge on any atom is -0.341 e. The summed E-state index contributed by atoms with van der Waals surface area (Å²) in [5, 5.41) is 2.67. The molecule has 0 radical (unpaired) electrons. The number of rotatable bonds is 4. The number of nitrogens with one attached hydrogen (secondary N) is 1. The monoisotopic (exact) mass is 170 g/mol. The quantitative estimate of drug-likeness (QED) is 0.680. The van der Waals surface area contributed by atoms with E-state index >= 15 is 0 Å². The lowest BCUT2D eigenvalue weighted by atomic mass is 10.3. The molecule has 0 atom stereocenters. The van der Waals surface area contributed by atoms with Gasteiger partial charge in [-0.05, 0) is 25.2 Å². The van der Waals surface area contributed by atoms with Crippen LogP contribution in [0.1, 0.15) is 26.2 Å². The fourth-order valence-electron chi connectivity index (χ4n) is 1.32. The molecule has 0 bridgehead atoms. The second kappa shape index (κ2) is 4.33. The second-order valence-electron chi connectivity index (χ2n) is 3.44. The van der Waals surface area contributed by atoms with Gasteiger partial charge in [0.1, 0.15) is 0 Å². The number of urea groups is 1. The van der Waals surface area contributed by atoms with Crippen molar-refractivity contribution in [1.82, 2.24) is 10.2 Å². The molecular weight excluding hydrogens is 152 g/mol. The largest absolute Gasteiger partial charge is 0.341 e. The maximum atomic E-state index is 11.3. The van der Waals surface area contributed by atoms with Crippen molar-refractivity contribution in [2.24, 2.45) is 5.92 Å². The molecule has 1 rings (SSSR count). The van der Waals surface area contributed by atoms with Crippen molar-refractivity contribution in [3.05, 3.63) is 0 Å². The molecule has 0 spiro atoms. The Hall–Kier alpha value is -0.730. The van der Waals surface area contributed by atoms with Crippen LogP contribution in [-0.2, 0) is 0 Å². The summed E-state index contributed by atoms with van der Waals surface area (Å²) in [5.74, 6) is 0.786. The lowest BCUT2D eigenvalue weighted by Crippen LogP contribution is -2.39. The van der Waals surface area contributed by atoms with Gasteiger partial charge in [-0.2, -0.15) is 0 Å². The van der Waals surface area contributed by atoms with Crippen LogP contribution in [0.5, 0.6) is 0 Å². The van der Waals surface area contributed by atoms with Gasteiger partial charge in [-0.15, -0.1) is 0 Å². The summed E-state index contributed by atoms with van der Waals surface area (Å²) in [5.41, 5.74) is 0. The van der Waals surface area contributed by atoms with Crippen molar-refractivity contribution in [1.29, 1.82) is 0 Å². The zero-order valence-corrected chi connectivity index (χ0v) is 7.97. The molecule has 1 aliphatic carbocycles. The molecule has 0 aromatic carbocycles. The Labute approximate surface area is 74.1 Å². The van der Waals surface area contributed by atoms with Gasteiger partial charge in [-0.25, -0.2) is 4.79 Å². The molecular formula is C9H18N2O. The molecule has 2 amide bonds. The number of amides is 2. The number of hydrogen-bond donors (Lipinski definition) is 1. The molecule has 70 valence electrons. The van der Waals surface area contributed by atoms with Gasteiger partial charge < -0.3 is 10.2 Å². The highest BCUT2D eigenvalue weighted by Crippen LogP contribution is 2.29. The van der Waals surface area contributed by atoms with Gasteiger partial charge >= 0.3 is 6.03 Å². The van der Waals surface area contributed by atoms with Crippen molar-refractivity contribution in [2.75, 3.05) is 20.1 Å². The molecule has 1 aliphatic rings. The topological polar surface area (TPSA) is 32.3 Å². The van der Waals surface area contributed by atoms with Crippen LogP contribution in [0.25, 0.3) is 0 Å². The van der Waals surface area contributed by atoms with Crippen molar-refractivity contribution in [2.45, 2.75) is 26.2 Å². The minimum absolute atomic E-state index is 0.0729. The maximum Gasteiger partial charge on any atom is 0.317 e. The first-order chi connectivity index (χ1) is 5.77. The van der Waals surface area contributed by atoms with Crippen LogP contribution >= 0.6 is 0 Å². The minimum atomic E-state index is 0.0729. The molecule has 0 aromatic rings. The van der Waals surface area contributed by atoms with Gasteiger partial charge in [0.2, 0.25) is 0 Å². The molecule has 1 saturated carbocycles. The van der Waals surface area contributed by atoms with E-state index < -0.39 is 0 Å². The summed E-state index contributed by atoms with van der Waals surface area (Å²) >= 11 is 0. The average molecular weight is 170 g/mol. The molecule has 1 N–H and O–H groups in total. The summed E-state index contributed by atoms with van der Waals surface area (Å²) in [6.45, 7) is 3.94. The van der Waals surface area contributed by atoms with Crippen LogP contribution in [0.2, 0.25) is 0 Å². The Morgan fingerprint density at radius 2 is 2.25 bits per heavy atom. The number of carbonyl (C=O) groups is 1. The molecule has 3 heteroatoms. The summed E-state index contributed by atoms with van der Waals surface area (Å²) < 4.78 is 0. The SMILES string of the molecule is CCCN(CC1CC1)C(=O)NC. The van der Waals surface area contributed by atoms with E-state index in [9.17, 15) is 4.79 Å². The van der Waals surface area contributed by atoms with Crippen LogP contribution in [0, 0.1) is 5.92 Å². The Morgan fingerprint density at radius 3 is 2.67 bits per heavy atom. The molecule has 12 heavy (non-hydrogen) atoms. The first kappa shape index (κ1) is 9.36. The van der Waals surface area contributed by atoms with Crippen molar-refractivity contribution in [3.63, 3.8) is 0 Å². The van der Waals surface area contributed by atoms with E-state index in [-0.39, 0.29) is 6.03 Å². The maximum absolute atomic E-state index is 11.3. The fraction of sp³-hybridized carbons (Fsp3) is 0.889. The van der Waals surface area contributed by atoms with Gasteiger partial charge in [-0.3, -0.25) is 0 Å². The molecule has 0 unspecified atom stereocenters. The third-order valence-electron chi connectivity index (χ3n) is 2.17. The predicted octanol–water partition coefficient (Wildman–Crippen LogP) is 1.45. The molecule has 0 heterocycles. The predicted molar refractivity (Wildman–Crippen MR) is 49.0 cm³/mol. The van der Waals surface area contributed by atoms with Crippen LogP contribution in [0.4, 0.5) is 4.79 Å². The summed E-state index contributed by atoms with van der Waals surface area (Å²) in [4.78, 5) is 13.2. The Kier molecular flexibility index (Phi) is 3.38. The fourth-order valence-corrected chi connectivity index (χ4v) is 1.32. The Bertz CT molecular complexity index is 155. The summed E-state index contributed by atoms with van der Waals surface area (Å²) in [6.07, 6.45) is 3.65. The van der Waals surface area contributed by atoms with E-state index in [2.05, 4.69) is 12.2 Å². The molecule has 0 aromatic heterocycles. The zero-order valence-electron chi connectivity index (χ0n) is 7.97. The first-order valence-electron chi connectivity index (χ1n) is 4.74. The zero-order chi connectivity index (χ0) is 8.97. The molecule has 1 fully saturated rings. The van der Waals surface area contributed by atoms with E-state index in [1.165, 1.54) is 12.8 Å². The molecule has 3 nitrogen and oxygen atoms in total. The Balaban J connectivity index is 2.30. The highest BCUT2D eigenvalue weighted by molar-refractivity contribution is 5.73. The highest BCUT2D eigenvalue weighted by atomic mass is 16.2. The van der Waals surface area contributed by atoms with Gasteiger partial charge in [0.25, 0.3) is 0 Å². The van der Waals surface area contributed by atoms with E-state index in [1.54, 1.807) is 7.05 Å². The van der Waals surface area contributed by atoms with Gasteiger partial charge in [0.05, 0.1) is 0 Å². The molecule has 0 aliphatic heterocycles. The van der Waals surface area contributed by atoms with E-state index in [0.29, 0.717) is 0 Å². The van der Waals surface area contributed by atoms with Gasteiger partial charge in [0, 0.05) is 20.1 Å². The van der Waals surface area contributed by atoms with E-state index in [0.717, 1.165) is 25.4 Å². The third kappa shape index (κ3) is 2.72. The van der Waals surface area contributed by atoms with Crippen molar-refractivity contribution >= 4 is 6.03 Å². The lowest BCUT2D eigenvalue weighted by molar-refractivity contribution is 0.197. The standard InChI is InChI=1S/C9H18N2O/c1-3-6-11(9(12)10-2)7-8-4-5-8/h8H,3-7H2,1-2H3,(H,10,12). The highest BCUT2D eigenvalue weighted by Gasteiger charge is 2.25. The Morgan fingerprint density at radius 1 is 1.58 bits per heavy atom. The van der Waals surface area contributed by atoms with Crippen LogP contribution in [0.15, 0.2) is 0 Å². The van der Waals surface area contributed by atoms with Crippen molar-refractivity contribution in [3.8, 4) is 0 Å². The van der Waals surface area contributed by atoms with Crippen LogP contribution in [-0.4, -0.2) is 31.1 Å². The number of nitrogens with zero attached hydrogens (tertiary/aromatic N) is 1. The lowest BCUT2D eigenvalue weighted by Gasteiger charge is -2.20. The summed E-state index contributed by atoms with van der Waals surface area (Å²) in [6, 6.07) is 0.0729. The first-order valence-corrected chi connectivity index (χ1v) is 4.74. The van der Waals surface area contributed by atoms with Gasteiger partial charge in [-0.1, -0.05) is 6.92 Å². The molecule has 0 saturated heterocycles. The smallest absolute Gasteiger partial charge is 0.317 e.